The van der Waals surface area contributed by atoms with Gasteiger partial charge in [-0.25, -0.2) is 10.2 Å². The molecule has 18 heavy (non-hydrogen) atoms. The van der Waals surface area contributed by atoms with Crippen molar-refractivity contribution in [2.75, 3.05) is 18.0 Å². The summed E-state index contributed by atoms with van der Waals surface area (Å²) in [6, 6.07) is 7.39. The molecule has 0 aromatic heterocycles. The third kappa shape index (κ3) is 3.23. The Morgan fingerprint density at radius 2 is 2.00 bits per heavy atom. The van der Waals surface area contributed by atoms with E-state index < -0.39 is 6.03 Å². The predicted octanol–water partition coefficient (Wildman–Crippen LogP) is 1.68. The Bertz CT molecular complexity index is 438. The van der Waals surface area contributed by atoms with Gasteiger partial charge in [0.2, 0.25) is 0 Å². The van der Waals surface area contributed by atoms with E-state index in [4.69, 9.17) is 5.73 Å². The predicted molar refractivity (Wildman–Crippen MR) is 72.8 cm³/mol. The van der Waals surface area contributed by atoms with Crippen LogP contribution in [0.25, 0.3) is 0 Å². The monoisotopic (exact) mass is 246 g/mol. The molecule has 2 rings (SSSR count). The number of carbonyl (C=O) groups is 1. The maximum Gasteiger partial charge on any atom is 0.332 e. The van der Waals surface area contributed by atoms with Crippen molar-refractivity contribution in [1.82, 2.24) is 5.43 Å². The van der Waals surface area contributed by atoms with Crippen LogP contribution in [0.4, 0.5) is 10.5 Å². The average Bonchev–Trinajstić information content (AvgIpc) is 2.40. The van der Waals surface area contributed by atoms with Crippen molar-refractivity contribution in [3.8, 4) is 0 Å². The number of carbonyl (C=O) groups excluding carboxylic acids is 1. The minimum Gasteiger partial charge on any atom is -0.371 e. The normalized spacial score (nSPS) is 15.9. The van der Waals surface area contributed by atoms with Gasteiger partial charge in [-0.3, -0.25) is 0 Å². The molecule has 1 aromatic rings. The number of rotatable bonds is 3. The summed E-state index contributed by atoms with van der Waals surface area (Å²) in [5.74, 6) is 0. The minimum atomic E-state index is -0.651. The van der Waals surface area contributed by atoms with Gasteiger partial charge in [0.25, 0.3) is 0 Å². The summed E-state index contributed by atoms with van der Waals surface area (Å²) in [6.07, 6.45) is 5.39. The second-order valence-electron chi connectivity index (χ2n) is 4.34. The average molecular weight is 246 g/mol. The van der Waals surface area contributed by atoms with Crippen molar-refractivity contribution >= 4 is 17.9 Å². The Morgan fingerprint density at radius 1 is 1.28 bits per heavy atom. The van der Waals surface area contributed by atoms with Crippen LogP contribution in [-0.4, -0.2) is 25.3 Å². The Kier molecular flexibility index (Phi) is 4.17. The fraction of sp³-hybridized carbons (Fsp3) is 0.385. The molecule has 96 valence electrons. The highest BCUT2D eigenvalue weighted by Crippen LogP contribution is 2.22. The molecule has 5 nitrogen and oxygen atoms in total. The number of anilines is 1. The number of piperidine rings is 1. The van der Waals surface area contributed by atoms with Crippen LogP contribution in [0.2, 0.25) is 0 Å². The number of nitrogens with two attached hydrogens (primary N) is 1. The standard InChI is InChI=1S/C13H18N4O/c14-13(18)16-15-10-11-6-2-3-7-12(11)17-8-4-1-5-9-17/h2-3,6-7,10H,1,4-5,8-9H2,(H3,14,16,18). The Morgan fingerprint density at radius 3 is 2.72 bits per heavy atom. The number of hydrogen-bond donors (Lipinski definition) is 2. The van der Waals surface area contributed by atoms with Crippen LogP contribution < -0.4 is 16.1 Å². The number of nitrogens with one attached hydrogen (secondary N) is 1. The van der Waals surface area contributed by atoms with E-state index >= 15 is 0 Å². The van der Waals surface area contributed by atoms with Crippen LogP contribution in [0.1, 0.15) is 24.8 Å². The second-order valence-corrected chi connectivity index (χ2v) is 4.34. The first-order valence-electron chi connectivity index (χ1n) is 6.20. The topological polar surface area (TPSA) is 70.7 Å². The van der Waals surface area contributed by atoms with E-state index in [0.717, 1.165) is 24.3 Å². The van der Waals surface area contributed by atoms with Crippen molar-refractivity contribution in [3.05, 3.63) is 29.8 Å². The van der Waals surface area contributed by atoms with E-state index in [0.29, 0.717) is 0 Å². The molecule has 0 radical (unpaired) electrons. The van der Waals surface area contributed by atoms with Crippen molar-refractivity contribution in [2.45, 2.75) is 19.3 Å². The number of nitrogens with zero attached hydrogens (tertiary/aromatic N) is 2. The minimum absolute atomic E-state index is 0.651. The summed E-state index contributed by atoms with van der Waals surface area (Å²) < 4.78 is 0. The van der Waals surface area contributed by atoms with Crippen molar-refractivity contribution in [1.29, 1.82) is 0 Å². The molecule has 1 saturated heterocycles. The van der Waals surface area contributed by atoms with E-state index in [1.807, 2.05) is 18.2 Å². The number of primary amides is 1. The third-order valence-corrected chi connectivity index (χ3v) is 3.01. The molecule has 0 aliphatic carbocycles. The lowest BCUT2D eigenvalue weighted by molar-refractivity contribution is 0.249. The zero-order chi connectivity index (χ0) is 12.8. The number of amides is 2. The summed E-state index contributed by atoms with van der Waals surface area (Å²) in [5.41, 5.74) is 9.33. The lowest BCUT2D eigenvalue weighted by atomic mass is 10.1. The first kappa shape index (κ1) is 12.4. The first-order valence-corrected chi connectivity index (χ1v) is 6.20. The van der Waals surface area contributed by atoms with E-state index in [1.165, 1.54) is 19.3 Å². The van der Waals surface area contributed by atoms with Gasteiger partial charge in [-0.05, 0) is 25.3 Å². The maximum atomic E-state index is 10.6. The highest BCUT2D eigenvalue weighted by Gasteiger charge is 2.12. The summed E-state index contributed by atoms with van der Waals surface area (Å²) in [5, 5.41) is 3.82. The smallest absolute Gasteiger partial charge is 0.332 e. The van der Waals surface area contributed by atoms with Gasteiger partial charge in [-0.2, -0.15) is 5.10 Å². The van der Waals surface area contributed by atoms with Gasteiger partial charge in [-0.1, -0.05) is 18.2 Å². The SMILES string of the molecule is NC(=O)NN=Cc1ccccc1N1CCCCC1. The molecule has 1 aliphatic heterocycles. The fourth-order valence-corrected chi connectivity index (χ4v) is 2.18. The van der Waals surface area contributed by atoms with Gasteiger partial charge in [0.1, 0.15) is 0 Å². The van der Waals surface area contributed by atoms with Crippen LogP contribution in [0, 0.1) is 0 Å². The van der Waals surface area contributed by atoms with E-state index in [-0.39, 0.29) is 0 Å². The van der Waals surface area contributed by atoms with Gasteiger partial charge in [0.15, 0.2) is 0 Å². The molecule has 0 saturated carbocycles. The zero-order valence-corrected chi connectivity index (χ0v) is 10.3. The molecular weight excluding hydrogens is 228 g/mol. The molecular formula is C13H18N4O. The molecule has 2 amide bonds. The number of hydrazone groups is 1. The molecule has 1 fully saturated rings. The largest absolute Gasteiger partial charge is 0.371 e. The molecule has 0 unspecified atom stereocenters. The Labute approximate surface area is 107 Å². The van der Waals surface area contributed by atoms with E-state index in [1.54, 1.807) is 6.21 Å². The number of benzene rings is 1. The van der Waals surface area contributed by atoms with Gasteiger partial charge in [0.05, 0.1) is 6.21 Å². The third-order valence-electron chi connectivity index (χ3n) is 3.01. The number of urea groups is 1. The maximum absolute atomic E-state index is 10.6. The lowest BCUT2D eigenvalue weighted by Crippen LogP contribution is -2.30. The molecule has 1 heterocycles. The van der Waals surface area contributed by atoms with Crippen LogP contribution in [0.3, 0.4) is 0 Å². The van der Waals surface area contributed by atoms with Gasteiger partial charge in [0, 0.05) is 24.3 Å². The Balaban J connectivity index is 2.14. The first-order chi connectivity index (χ1) is 8.77. The van der Waals surface area contributed by atoms with Gasteiger partial charge >= 0.3 is 6.03 Å². The van der Waals surface area contributed by atoms with E-state index in [9.17, 15) is 4.79 Å². The number of para-hydroxylation sites is 1. The fourth-order valence-electron chi connectivity index (χ4n) is 2.18. The molecule has 0 atom stereocenters. The molecule has 0 bridgehead atoms. The Hall–Kier alpha value is -2.04. The van der Waals surface area contributed by atoms with Gasteiger partial charge in [-0.15, -0.1) is 0 Å². The summed E-state index contributed by atoms with van der Waals surface area (Å²) in [7, 11) is 0. The van der Waals surface area contributed by atoms with Crippen molar-refractivity contribution < 1.29 is 4.79 Å². The lowest BCUT2D eigenvalue weighted by Gasteiger charge is -2.29. The van der Waals surface area contributed by atoms with Gasteiger partial charge < -0.3 is 10.6 Å². The zero-order valence-electron chi connectivity index (χ0n) is 10.3. The molecule has 1 aliphatic rings. The van der Waals surface area contributed by atoms with Crippen LogP contribution in [0.15, 0.2) is 29.4 Å². The van der Waals surface area contributed by atoms with E-state index in [2.05, 4.69) is 21.5 Å². The second kappa shape index (κ2) is 6.05. The number of hydrogen-bond acceptors (Lipinski definition) is 3. The van der Waals surface area contributed by atoms with Crippen LogP contribution >= 0.6 is 0 Å². The quantitative estimate of drug-likeness (QED) is 0.629. The molecule has 5 heteroatoms. The van der Waals surface area contributed by atoms with Crippen molar-refractivity contribution in [3.63, 3.8) is 0 Å². The van der Waals surface area contributed by atoms with Crippen LogP contribution in [0.5, 0.6) is 0 Å². The summed E-state index contributed by atoms with van der Waals surface area (Å²) in [6.45, 7) is 2.15. The highest BCUT2D eigenvalue weighted by atomic mass is 16.2. The summed E-state index contributed by atoms with van der Waals surface area (Å²) in [4.78, 5) is 12.9. The summed E-state index contributed by atoms with van der Waals surface area (Å²) >= 11 is 0. The van der Waals surface area contributed by atoms with Crippen molar-refractivity contribution in [2.24, 2.45) is 10.8 Å². The van der Waals surface area contributed by atoms with Crippen LogP contribution in [-0.2, 0) is 0 Å². The molecule has 0 spiro atoms. The molecule has 1 aromatic carbocycles. The molecule has 3 N–H and O–H groups in total. The highest BCUT2D eigenvalue weighted by molar-refractivity contribution is 5.88.